The average molecular weight is 235 g/mol. The van der Waals surface area contributed by atoms with Crippen molar-refractivity contribution >= 4 is 11.7 Å². The standard InChI is InChI=1S/C14H21NO2/c1-4-14(16)17-10-12-5-7-13(8-6-12)15-9-11(2)3/h5-8,11,15H,4,9-10H2,1-3H3. The third kappa shape index (κ3) is 5.38. The minimum Gasteiger partial charge on any atom is -0.461 e. The van der Waals surface area contributed by atoms with Crippen LogP contribution in [0.1, 0.15) is 32.8 Å². The van der Waals surface area contributed by atoms with Gasteiger partial charge in [0.2, 0.25) is 0 Å². The van der Waals surface area contributed by atoms with E-state index in [1.807, 2.05) is 24.3 Å². The van der Waals surface area contributed by atoms with Crippen LogP contribution in [0.15, 0.2) is 24.3 Å². The molecule has 0 radical (unpaired) electrons. The maximum absolute atomic E-state index is 11.0. The van der Waals surface area contributed by atoms with Crippen molar-refractivity contribution in [3.05, 3.63) is 29.8 Å². The van der Waals surface area contributed by atoms with Gasteiger partial charge in [-0.05, 0) is 23.6 Å². The van der Waals surface area contributed by atoms with Gasteiger partial charge < -0.3 is 10.1 Å². The van der Waals surface area contributed by atoms with E-state index in [1.54, 1.807) is 6.92 Å². The van der Waals surface area contributed by atoms with Crippen LogP contribution in [-0.4, -0.2) is 12.5 Å². The molecule has 1 rings (SSSR count). The van der Waals surface area contributed by atoms with Crippen molar-refractivity contribution in [3.8, 4) is 0 Å². The van der Waals surface area contributed by atoms with E-state index in [4.69, 9.17) is 4.74 Å². The van der Waals surface area contributed by atoms with Crippen LogP contribution < -0.4 is 5.32 Å². The van der Waals surface area contributed by atoms with Crippen molar-refractivity contribution in [1.82, 2.24) is 0 Å². The van der Waals surface area contributed by atoms with Crippen LogP contribution in [0.3, 0.4) is 0 Å². The van der Waals surface area contributed by atoms with Gasteiger partial charge in [-0.25, -0.2) is 0 Å². The summed E-state index contributed by atoms with van der Waals surface area (Å²) in [6.07, 6.45) is 0.425. The summed E-state index contributed by atoms with van der Waals surface area (Å²) in [5.74, 6) is 0.465. The zero-order valence-electron chi connectivity index (χ0n) is 10.8. The molecule has 0 aliphatic carbocycles. The van der Waals surface area contributed by atoms with Crippen LogP contribution in [0.2, 0.25) is 0 Å². The molecule has 94 valence electrons. The fraction of sp³-hybridized carbons (Fsp3) is 0.500. The molecule has 3 heteroatoms. The number of esters is 1. The third-order valence-electron chi connectivity index (χ3n) is 2.36. The Bertz CT molecular complexity index is 344. The Morgan fingerprint density at radius 3 is 2.47 bits per heavy atom. The molecule has 3 nitrogen and oxygen atoms in total. The van der Waals surface area contributed by atoms with Gasteiger partial charge in [0.15, 0.2) is 0 Å². The van der Waals surface area contributed by atoms with Gasteiger partial charge in [0.1, 0.15) is 6.61 Å². The highest BCUT2D eigenvalue weighted by Crippen LogP contribution is 2.11. The summed E-state index contributed by atoms with van der Waals surface area (Å²) in [5, 5.41) is 3.34. The van der Waals surface area contributed by atoms with Gasteiger partial charge >= 0.3 is 5.97 Å². The van der Waals surface area contributed by atoms with E-state index in [0.717, 1.165) is 17.8 Å². The molecule has 0 aliphatic rings. The molecule has 0 saturated carbocycles. The summed E-state index contributed by atoms with van der Waals surface area (Å²) < 4.78 is 5.06. The summed E-state index contributed by atoms with van der Waals surface area (Å²) in [4.78, 5) is 11.0. The highest BCUT2D eigenvalue weighted by Gasteiger charge is 2.00. The first-order chi connectivity index (χ1) is 8.11. The maximum Gasteiger partial charge on any atom is 0.305 e. The molecule has 0 aliphatic heterocycles. The Kier molecular flexibility index (Phi) is 5.53. The molecular weight excluding hydrogens is 214 g/mol. The zero-order valence-corrected chi connectivity index (χ0v) is 10.8. The van der Waals surface area contributed by atoms with Crippen LogP contribution in [0, 0.1) is 5.92 Å². The van der Waals surface area contributed by atoms with Gasteiger partial charge in [0.25, 0.3) is 0 Å². The first-order valence-corrected chi connectivity index (χ1v) is 6.10. The first kappa shape index (κ1) is 13.6. The normalized spacial score (nSPS) is 10.4. The Hall–Kier alpha value is -1.51. The van der Waals surface area contributed by atoms with Crippen molar-refractivity contribution in [2.24, 2.45) is 5.92 Å². The van der Waals surface area contributed by atoms with E-state index < -0.39 is 0 Å². The lowest BCUT2D eigenvalue weighted by atomic mass is 10.2. The monoisotopic (exact) mass is 235 g/mol. The van der Waals surface area contributed by atoms with Gasteiger partial charge in [-0.2, -0.15) is 0 Å². The number of rotatable bonds is 6. The third-order valence-corrected chi connectivity index (χ3v) is 2.36. The summed E-state index contributed by atoms with van der Waals surface area (Å²) in [5.41, 5.74) is 2.12. The first-order valence-electron chi connectivity index (χ1n) is 6.10. The zero-order chi connectivity index (χ0) is 12.7. The molecule has 1 aromatic carbocycles. The lowest BCUT2D eigenvalue weighted by molar-refractivity contribution is -0.144. The Labute approximate surface area is 103 Å². The molecule has 0 heterocycles. The van der Waals surface area contributed by atoms with E-state index in [-0.39, 0.29) is 5.97 Å². The fourth-order valence-corrected chi connectivity index (χ4v) is 1.31. The van der Waals surface area contributed by atoms with Crippen molar-refractivity contribution in [3.63, 3.8) is 0 Å². The largest absolute Gasteiger partial charge is 0.461 e. The number of benzene rings is 1. The van der Waals surface area contributed by atoms with Gasteiger partial charge in [-0.15, -0.1) is 0 Å². The Balaban J connectivity index is 2.42. The average Bonchev–Trinajstić information content (AvgIpc) is 2.34. The molecule has 0 unspecified atom stereocenters. The quantitative estimate of drug-likeness (QED) is 0.769. The summed E-state index contributed by atoms with van der Waals surface area (Å²) in [6.45, 7) is 7.46. The molecule has 17 heavy (non-hydrogen) atoms. The Morgan fingerprint density at radius 1 is 1.29 bits per heavy atom. The molecule has 0 aromatic heterocycles. The Morgan fingerprint density at radius 2 is 1.94 bits per heavy atom. The van der Waals surface area contributed by atoms with Crippen LogP contribution in [0.25, 0.3) is 0 Å². The molecule has 0 amide bonds. The smallest absolute Gasteiger partial charge is 0.305 e. The number of hydrogen-bond donors (Lipinski definition) is 1. The SMILES string of the molecule is CCC(=O)OCc1ccc(NCC(C)C)cc1. The molecule has 0 spiro atoms. The maximum atomic E-state index is 11.0. The number of anilines is 1. The molecule has 1 aromatic rings. The number of carbonyl (C=O) groups excluding carboxylic acids is 1. The number of carbonyl (C=O) groups is 1. The van der Waals surface area contributed by atoms with Crippen molar-refractivity contribution in [2.45, 2.75) is 33.8 Å². The predicted octanol–water partition coefficient (Wildman–Crippen LogP) is 3.21. The van der Waals surface area contributed by atoms with Crippen LogP contribution in [-0.2, 0) is 16.1 Å². The number of nitrogens with one attached hydrogen (secondary N) is 1. The second kappa shape index (κ2) is 6.94. The minimum atomic E-state index is -0.160. The van der Waals surface area contributed by atoms with E-state index in [9.17, 15) is 4.79 Å². The summed E-state index contributed by atoms with van der Waals surface area (Å²) in [7, 11) is 0. The van der Waals surface area contributed by atoms with E-state index in [2.05, 4.69) is 19.2 Å². The minimum absolute atomic E-state index is 0.160. The summed E-state index contributed by atoms with van der Waals surface area (Å²) in [6, 6.07) is 7.98. The lowest BCUT2D eigenvalue weighted by Crippen LogP contribution is -2.08. The van der Waals surface area contributed by atoms with Gasteiger partial charge in [-0.1, -0.05) is 32.9 Å². The topological polar surface area (TPSA) is 38.3 Å². The second-order valence-electron chi connectivity index (χ2n) is 4.49. The fourth-order valence-electron chi connectivity index (χ4n) is 1.31. The summed E-state index contributed by atoms with van der Waals surface area (Å²) >= 11 is 0. The highest BCUT2D eigenvalue weighted by molar-refractivity contribution is 5.68. The second-order valence-corrected chi connectivity index (χ2v) is 4.49. The van der Waals surface area contributed by atoms with Gasteiger partial charge in [0.05, 0.1) is 0 Å². The molecule has 0 saturated heterocycles. The van der Waals surface area contributed by atoms with Crippen LogP contribution >= 0.6 is 0 Å². The molecule has 0 bridgehead atoms. The molecular formula is C14H21NO2. The van der Waals surface area contributed by atoms with Crippen molar-refractivity contribution in [1.29, 1.82) is 0 Å². The van der Waals surface area contributed by atoms with E-state index in [1.165, 1.54) is 0 Å². The van der Waals surface area contributed by atoms with Crippen molar-refractivity contribution in [2.75, 3.05) is 11.9 Å². The van der Waals surface area contributed by atoms with E-state index >= 15 is 0 Å². The molecule has 0 fully saturated rings. The van der Waals surface area contributed by atoms with Gasteiger partial charge in [0, 0.05) is 18.7 Å². The number of hydrogen-bond acceptors (Lipinski definition) is 3. The predicted molar refractivity (Wildman–Crippen MR) is 69.9 cm³/mol. The van der Waals surface area contributed by atoms with Crippen LogP contribution in [0.4, 0.5) is 5.69 Å². The lowest BCUT2D eigenvalue weighted by Gasteiger charge is -2.09. The number of ether oxygens (including phenoxy) is 1. The highest BCUT2D eigenvalue weighted by atomic mass is 16.5. The van der Waals surface area contributed by atoms with Gasteiger partial charge in [-0.3, -0.25) is 4.79 Å². The van der Waals surface area contributed by atoms with E-state index in [0.29, 0.717) is 18.9 Å². The van der Waals surface area contributed by atoms with Crippen molar-refractivity contribution < 1.29 is 9.53 Å². The molecule has 0 atom stereocenters. The van der Waals surface area contributed by atoms with Crippen LogP contribution in [0.5, 0.6) is 0 Å². The molecule has 1 N–H and O–H groups in total.